The fourth-order valence-corrected chi connectivity index (χ4v) is 4.37. The number of hydrogen-bond acceptors (Lipinski definition) is 5. The topological polar surface area (TPSA) is 115 Å². The van der Waals surface area contributed by atoms with Gasteiger partial charge in [0.1, 0.15) is 5.56 Å². The maximum atomic E-state index is 15.3. The number of fused-ring (bicyclic) bond motifs is 1. The third kappa shape index (κ3) is 2.74. The zero-order valence-electron chi connectivity index (χ0n) is 16.0. The number of carboxylic acid groups (broad SMARTS) is 1. The molecule has 5 N–H and O–H groups in total. The Labute approximate surface area is 161 Å². The predicted octanol–water partition coefficient (Wildman–Crippen LogP) is 2.24. The highest BCUT2D eigenvalue weighted by Crippen LogP contribution is 2.42. The van der Waals surface area contributed by atoms with E-state index in [4.69, 9.17) is 11.5 Å². The number of nitrogens with two attached hydrogens (primary N) is 2. The summed E-state index contributed by atoms with van der Waals surface area (Å²) in [6, 6.07) is 0.113. The average molecular weight is 388 g/mol. The van der Waals surface area contributed by atoms with E-state index in [-0.39, 0.29) is 34.6 Å². The summed E-state index contributed by atoms with van der Waals surface area (Å²) < 4.78 is 17.1. The molecule has 7 nitrogen and oxygen atoms in total. The van der Waals surface area contributed by atoms with Gasteiger partial charge in [0.25, 0.3) is 0 Å². The lowest BCUT2D eigenvalue weighted by atomic mass is 10.0. The number of anilines is 2. The van der Waals surface area contributed by atoms with Crippen LogP contribution in [0.25, 0.3) is 10.9 Å². The van der Waals surface area contributed by atoms with Gasteiger partial charge in [-0.1, -0.05) is 0 Å². The molecule has 0 radical (unpaired) electrons. The SMILES string of the molecule is Cc1c(N2CCC(C(C)N)C2)c(F)c(N)c2c(=O)c(C(=O)O)cn(C3CC3)c12. The molecule has 1 aliphatic heterocycles. The van der Waals surface area contributed by atoms with E-state index in [2.05, 4.69) is 0 Å². The minimum Gasteiger partial charge on any atom is -0.477 e. The number of halogens is 1. The average Bonchev–Trinajstić information content (AvgIpc) is 3.36. The standard InChI is InChI=1S/C20H25FN4O3/c1-9-17-14(19(26)13(20(27)28)8-25(17)12-3-4-12)16(23)15(21)18(9)24-6-5-11(7-24)10(2)22/h8,10-12H,3-7,22-23H2,1-2H3,(H,27,28). The van der Waals surface area contributed by atoms with Crippen LogP contribution in [0.15, 0.2) is 11.0 Å². The molecular weight excluding hydrogens is 363 g/mol. The van der Waals surface area contributed by atoms with Gasteiger partial charge < -0.3 is 26.0 Å². The van der Waals surface area contributed by atoms with Crippen molar-refractivity contribution in [3.63, 3.8) is 0 Å². The highest BCUT2D eigenvalue weighted by atomic mass is 19.1. The van der Waals surface area contributed by atoms with Gasteiger partial charge in [-0.15, -0.1) is 0 Å². The van der Waals surface area contributed by atoms with Gasteiger partial charge in [0.05, 0.1) is 22.3 Å². The largest absolute Gasteiger partial charge is 0.477 e. The molecule has 0 amide bonds. The van der Waals surface area contributed by atoms with E-state index in [0.717, 1.165) is 19.3 Å². The number of carbonyl (C=O) groups is 1. The second-order valence-electron chi connectivity index (χ2n) is 8.09. The molecule has 0 bridgehead atoms. The van der Waals surface area contributed by atoms with Gasteiger partial charge >= 0.3 is 5.97 Å². The van der Waals surface area contributed by atoms with Crippen molar-refractivity contribution in [2.75, 3.05) is 23.7 Å². The number of nitrogens with zero attached hydrogens (tertiary/aromatic N) is 2. The summed E-state index contributed by atoms with van der Waals surface area (Å²) in [5, 5.41) is 9.39. The monoisotopic (exact) mass is 388 g/mol. The molecule has 2 aromatic rings. The number of nitrogen functional groups attached to an aromatic ring is 1. The molecule has 1 aliphatic carbocycles. The molecule has 1 aromatic carbocycles. The predicted molar refractivity (Wildman–Crippen MR) is 107 cm³/mol. The first-order valence-electron chi connectivity index (χ1n) is 9.62. The molecule has 2 fully saturated rings. The number of carboxylic acids is 1. The number of rotatable bonds is 4. The van der Waals surface area contributed by atoms with Crippen LogP contribution in [0.2, 0.25) is 0 Å². The molecule has 2 atom stereocenters. The number of aryl methyl sites for hydroxylation is 1. The van der Waals surface area contributed by atoms with Crippen molar-refractivity contribution < 1.29 is 14.3 Å². The molecule has 1 saturated heterocycles. The fraction of sp³-hybridized carbons (Fsp3) is 0.500. The third-order valence-electron chi connectivity index (χ3n) is 6.11. The molecule has 28 heavy (non-hydrogen) atoms. The molecule has 150 valence electrons. The lowest BCUT2D eigenvalue weighted by molar-refractivity contribution is 0.0695. The van der Waals surface area contributed by atoms with Crippen LogP contribution < -0.4 is 21.8 Å². The van der Waals surface area contributed by atoms with Crippen molar-refractivity contribution in [3.8, 4) is 0 Å². The maximum Gasteiger partial charge on any atom is 0.341 e. The van der Waals surface area contributed by atoms with Gasteiger partial charge in [0, 0.05) is 31.4 Å². The maximum absolute atomic E-state index is 15.3. The highest BCUT2D eigenvalue weighted by molar-refractivity contribution is 6.01. The van der Waals surface area contributed by atoms with Crippen molar-refractivity contribution in [2.45, 2.75) is 45.2 Å². The van der Waals surface area contributed by atoms with E-state index < -0.39 is 17.2 Å². The molecule has 2 heterocycles. The first kappa shape index (κ1) is 18.7. The number of hydrogen-bond donors (Lipinski definition) is 3. The van der Waals surface area contributed by atoms with Crippen LogP contribution in [0, 0.1) is 18.7 Å². The van der Waals surface area contributed by atoms with Crippen LogP contribution >= 0.6 is 0 Å². The lowest BCUT2D eigenvalue weighted by Crippen LogP contribution is -2.30. The Morgan fingerprint density at radius 2 is 2.04 bits per heavy atom. The Hall–Kier alpha value is -2.61. The molecule has 1 saturated carbocycles. The van der Waals surface area contributed by atoms with Crippen molar-refractivity contribution >= 4 is 28.2 Å². The Morgan fingerprint density at radius 1 is 1.36 bits per heavy atom. The van der Waals surface area contributed by atoms with Gasteiger partial charge in [0.2, 0.25) is 5.43 Å². The molecule has 0 spiro atoms. The van der Waals surface area contributed by atoms with E-state index in [1.807, 2.05) is 11.8 Å². The summed E-state index contributed by atoms with van der Waals surface area (Å²) >= 11 is 0. The lowest BCUT2D eigenvalue weighted by Gasteiger charge is -2.26. The third-order valence-corrected chi connectivity index (χ3v) is 6.11. The zero-order chi connectivity index (χ0) is 20.3. The highest BCUT2D eigenvalue weighted by Gasteiger charge is 2.33. The number of aromatic nitrogens is 1. The van der Waals surface area contributed by atoms with Crippen LogP contribution in [-0.2, 0) is 0 Å². The Bertz CT molecular complexity index is 1040. The quantitative estimate of drug-likeness (QED) is 0.692. The fourth-order valence-electron chi connectivity index (χ4n) is 4.37. The summed E-state index contributed by atoms with van der Waals surface area (Å²) in [7, 11) is 0. The molecule has 8 heteroatoms. The van der Waals surface area contributed by atoms with E-state index in [1.165, 1.54) is 6.20 Å². The Balaban J connectivity index is 2.00. The number of benzene rings is 1. The first-order valence-corrected chi connectivity index (χ1v) is 9.62. The van der Waals surface area contributed by atoms with Crippen LogP contribution in [0.3, 0.4) is 0 Å². The van der Waals surface area contributed by atoms with Gasteiger partial charge in [-0.2, -0.15) is 0 Å². The van der Waals surface area contributed by atoms with Crippen LogP contribution in [0.1, 0.15) is 48.1 Å². The first-order chi connectivity index (χ1) is 13.2. The van der Waals surface area contributed by atoms with Gasteiger partial charge in [-0.3, -0.25) is 4.79 Å². The van der Waals surface area contributed by atoms with Crippen molar-refractivity contribution in [2.24, 2.45) is 11.7 Å². The van der Waals surface area contributed by atoms with Crippen molar-refractivity contribution in [1.29, 1.82) is 0 Å². The summed E-state index contributed by atoms with van der Waals surface area (Å²) in [4.78, 5) is 26.3. The Morgan fingerprint density at radius 3 is 2.57 bits per heavy atom. The van der Waals surface area contributed by atoms with Gasteiger partial charge in [-0.25, -0.2) is 9.18 Å². The van der Waals surface area contributed by atoms with E-state index >= 15 is 4.39 Å². The van der Waals surface area contributed by atoms with Gasteiger partial charge in [0.15, 0.2) is 5.82 Å². The van der Waals surface area contributed by atoms with Crippen LogP contribution in [0.4, 0.5) is 15.8 Å². The van der Waals surface area contributed by atoms with Crippen molar-refractivity contribution in [1.82, 2.24) is 4.57 Å². The number of pyridine rings is 1. The van der Waals surface area contributed by atoms with E-state index in [1.54, 1.807) is 11.5 Å². The summed E-state index contributed by atoms with van der Waals surface area (Å²) in [5.74, 6) is -1.73. The molecule has 2 unspecified atom stereocenters. The van der Waals surface area contributed by atoms with Crippen molar-refractivity contribution in [3.05, 3.63) is 33.4 Å². The second-order valence-corrected chi connectivity index (χ2v) is 8.09. The molecule has 4 rings (SSSR count). The molecule has 2 aliphatic rings. The minimum absolute atomic E-state index is 0.00828. The van der Waals surface area contributed by atoms with Gasteiger partial charge in [-0.05, 0) is 44.6 Å². The smallest absolute Gasteiger partial charge is 0.341 e. The van der Waals surface area contributed by atoms with E-state index in [9.17, 15) is 14.7 Å². The molecule has 1 aromatic heterocycles. The zero-order valence-corrected chi connectivity index (χ0v) is 16.0. The van der Waals surface area contributed by atoms with E-state index in [0.29, 0.717) is 29.9 Å². The summed E-state index contributed by atoms with van der Waals surface area (Å²) in [5.41, 5.74) is 12.3. The molecular formula is C20H25FN4O3. The number of aromatic carboxylic acids is 1. The minimum atomic E-state index is -1.33. The summed E-state index contributed by atoms with van der Waals surface area (Å²) in [6.45, 7) is 5.01. The van der Waals surface area contributed by atoms with Crippen LogP contribution in [-0.4, -0.2) is 34.8 Å². The van der Waals surface area contributed by atoms with Crippen LogP contribution in [0.5, 0.6) is 0 Å². The second kappa shape index (κ2) is 6.48. The summed E-state index contributed by atoms with van der Waals surface area (Å²) in [6.07, 6.45) is 4.02. The Kier molecular flexibility index (Phi) is 4.33. The normalized spacial score (nSPS) is 20.7.